The van der Waals surface area contributed by atoms with Gasteiger partial charge in [0.25, 0.3) is 0 Å². The van der Waals surface area contributed by atoms with Crippen LogP contribution < -0.4 is 10.1 Å². The van der Waals surface area contributed by atoms with Crippen LogP contribution in [-0.2, 0) is 0 Å². The lowest BCUT2D eigenvalue weighted by molar-refractivity contribution is 0.369. The average molecular weight is 375 g/mol. The minimum atomic E-state index is -0.118. The van der Waals surface area contributed by atoms with E-state index in [1.165, 1.54) is 11.3 Å². The molecule has 0 amide bonds. The number of nitrogens with one attached hydrogen (secondary N) is 1. The molecule has 2 N–H and O–H groups in total. The van der Waals surface area contributed by atoms with Gasteiger partial charge >= 0.3 is 0 Å². The van der Waals surface area contributed by atoms with Gasteiger partial charge in [-0.05, 0) is 26.0 Å². The van der Waals surface area contributed by atoms with E-state index in [9.17, 15) is 5.11 Å². The van der Waals surface area contributed by atoms with E-state index in [0.29, 0.717) is 28.0 Å². The summed E-state index contributed by atoms with van der Waals surface area (Å²) in [7, 11) is 0. The molecule has 0 spiro atoms. The van der Waals surface area contributed by atoms with Crippen LogP contribution in [0.25, 0.3) is 22.3 Å². The second-order valence-corrected chi connectivity index (χ2v) is 6.82. The number of fused-ring (bicyclic) bond motifs is 1. The molecular weight excluding hydrogens is 360 g/mol. The highest BCUT2D eigenvalue weighted by atomic mass is 35.5. The van der Waals surface area contributed by atoms with Gasteiger partial charge in [-0.2, -0.15) is 5.26 Å². The van der Waals surface area contributed by atoms with Crippen LogP contribution >= 0.6 is 22.9 Å². The monoisotopic (exact) mass is 374 g/mol. The molecule has 1 aromatic carbocycles. The van der Waals surface area contributed by atoms with E-state index in [-0.39, 0.29) is 23.4 Å². The molecule has 3 rings (SSSR count). The fourth-order valence-corrected chi connectivity index (χ4v) is 3.39. The fourth-order valence-electron chi connectivity index (χ4n) is 2.28. The Morgan fingerprint density at radius 1 is 1.36 bits per heavy atom. The predicted octanol–water partition coefficient (Wildman–Crippen LogP) is 4.44. The van der Waals surface area contributed by atoms with Crippen LogP contribution in [0.1, 0.15) is 13.8 Å². The van der Waals surface area contributed by atoms with Crippen LogP contribution in [0.4, 0.5) is 5.13 Å². The molecule has 8 heteroatoms. The number of benzene rings is 1. The van der Waals surface area contributed by atoms with E-state index in [4.69, 9.17) is 21.6 Å². The van der Waals surface area contributed by atoms with Gasteiger partial charge in [-0.15, -0.1) is 11.3 Å². The second kappa shape index (κ2) is 7.13. The molecule has 0 aliphatic rings. The Labute approximate surface area is 153 Å². The number of anilines is 1. The Morgan fingerprint density at radius 3 is 2.88 bits per heavy atom. The number of ether oxygens (including phenoxy) is 1. The van der Waals surface area contributed by atoms with Crippen LogP contribution in [0, 0.1) is 11.3 Å². The van der Waals surface area contributed by atoms with E-state index >= 15 is 0 Å². The molecule has 0 saturated heterocycles. The highest BCUT2D eigenvalue weighted by Gasteiger charge is 2.15. The zero-order valence-electron chi connectivity index (χ0n) is 13.6. The standard InChI is InChI=1S/C17H15ClN4O2S/c1-9(2)20-17-22-12(8-25-17)11-7-13(23)10-3-4-14(24-6-5-19)15(18)16(10)21-11/h3-4,7-9H,6H2,1-2H3,(H,20,22)(H,21,23). The van der Waals surface area contributed by atoms with E-state index in [1.54, 1.807) is 18.2 Å². The molecule has 3 aromatic rings. The molecule has 25 heavy (non-hydrogen) atoms. The molecule has 0 unspecified atom stereocenters. The van der Waals surface area contributed by atoms with Crippen molar-refractivity contribution in [2.75, 3.05) is 11.9 Å². The minimum absolute atomic E-state index is 0.0556. The maximum absolute atomic E-state index is 10.3. The Morgan fingerprint density at radius 2 is 2.16 bits per heavy atom. The Balaban J connectivity index is 2.06. The van der Waals surface area contributed by atoms with Crippen LogP contribution in [-0.4, -0.2) is 27.7 Å². The Hall–Kier alpha value is -2.56. The summed E-state index contributed by atoms with van der Waals surface area (Å²) in [4.78, 5) is 9.02. The van der Waals surface area contributed by atoms with Gasteiger partial charge in [0.15, 0.2) is 11.7 Å². The molecule has 0 saturated carbocycles. The number of aromatic hydroxyl groups is 1. The Bertz CT molecular complexity index is 965. The largest absolute Gasteiger partial charge is 0.507 e. The van der Waals surface area contributed by atoms with Gasteiger partial charge in [0.05, 0.1) is 11.2 Å². The topological polar surface area (TPSA) is 91.1 Å². The third-order valence-corrected chi connectivity index (χ3v) is 4.47. The number of nitrogens with zero attached hydrogens (tertiary/aromatic N) is 3. The molecular formula is C17H15ClN4O2S. The number of nitriles is 1. The molecule has 2 heterocycles. The normalized spacial score (nSPS) is 10.8. The number of thiazole rings is 1. The highest BCUT2D eigenvalue weighted by Crippen LogP contribution is 2.38. The van der Waals surface area contributed by atoms with Crippen molar-refractivity contribution in [1.82, 2.24) is 9.97 Å². The molecule has 0 radical (unpaired) electrons. The summed E-state index contributed by atoms with van der Waals surface area (Å²) < 4.78 is 5.29. The van der Waals surface area contributed by atoms with E-state index in [1.807, 2.05) is 25.3 Å². The zero-order valence-corrected chi connectivity index (χ0v) is 15.1. The summed E-state index contributed by atoms with van der Waals surface area (Å²) >= 11 is 7.81. The summed E-state index contributed by atoms with van der Waals surface area (Å²) in [6.07, 6.45) is 0. The first-order chi connectivity index (χ1) is 12.0. The van der Waals surface area contributed by atoms with Gasteiger partial charge in [0.2, 0.25) is 0 Å². The average Bonchev–Trinajstić information content (AvgIpc) is 3.02. The van der Waals surface area contributed by atoms with Crippen molar-refractivity contribution < 1.29 is 9.84 Å². The van der Waals surface area contributed by atoms with Gasteiger partial charge in [-0.3, -0.25) is 0 Å². The molecule has 2 aromatic heterocycles. The summed E-state index contributed by atoms with van der Waals surface area (Å²) in [6.45, 7) is 3.95. The van der Waals surface area contributed by atoms with Crippen molar-refractivity contribution in [3.8, 4) is 29.0 Å². The van der Waals surface area contributed by atoms with Crippen LogP contribution in [0.3, 0.4) is 0 Å². The minimum Gasteiger partial charge on any atom is -0.507 e. The quantitative estimate of drug-likeness (QED) is 0.686. The van der Waals surface area contributed by atoms with Crippen molar-refractivity contribution in [3.05, 3.63) is 28.6 Å². The van der Waals surface area contributed by atoms with Crippen molar-refractivity contribution in [1.29, 1.82) is 5.26 Å². The third-order valence-electron chi connectivity index (χ3n) is 3.33. The predicted molar refractivity (Wildman–Crippen MR) is 99.4 cm³/mol. The first-order valence-corrected chi connectivity index (χ1v) is 8.79. The lowest BCUT2D eigenvalue weighted by Gasteiger charge is -2.09. The van der Waals surface area contributed by atoms with Gasteiger partial charge in [0, 0.05) is 22.9 Å². The number of hydrogen-bond acceptors (Lipinski definition) is 7. The highest BCUT2D eigenvalue weighted by molar-refractivity contribution is 7.14. The molecule has 0 bridgehead atoms. The molecule has 0 atom stereocenters. The van der Waals surface area contributed by atoms with Crippen molar-refractivity contribution >= 4 is 39.0 Å². The molecule has 6 nitrogen and oxygen atoms in total. The van der Waals surface area contributed by atoms with Crippen LogP contribution in [0.2, 0.25) is 5.02 Å². The lowest BCUT2D eigenvalue weighted by atomic mass is 10.1. The number of aromatic nitrogens is 2. The summed E-state index contributed by atoms with van der Waals surface area (Å²) in [6, 6.07) is 6.99. The maximum Gasteiger partial charge on any atom is 0.183 e. The number of halogens is 1. The molecule has 0 fully saturated rings. The van der Waals surface area contributed by atoms with Gasteiger partial charge in [0.1, 0.15) is 28.3 Å². The van der Waals surface area contributed by atoms with E-state index in [2.05, 4.69) is 15.3 Å². The van der Waals surface area contributed by atoms with Crippen molar-refractivity contribution in [2.24, 2.45) is 0 Å². The first-order valence-electron chi connectivity index (χ1n) is 7.54. The fraction of sp³-hybridized carbons (Fsp3) is 0.235. The Kier molecular flexibility index (Phi) is 4.93. The van der Waals surface area contributed by atoms with E-state index in [0.717, 1.165) is 5.13 Å². The number of rotatable bonds is 5. The number of hydrogen-bond donors (Lipinski definition) is 2. The summed E-state index contributed by atoms with van der Waals surface area (Å²) in [5, 5.41) is 25.6. The van der Waals surface area contributed by atoms with Crippen molar-refractivity contribution in [2.45, 2.75) is 19.9 Å². The van der Waals surface area contributed by atoms with Gasteiger partial charge < -0.3 is 15.2 Å². The van der Waals surface area contributed by atoms with Gasteiger partial charge in [-0.1, -0.05) is 11.6 Å². The van der Waals surface area contributed by atoms with Crippen LogP contribution in [0.5, 0.6) is 11.5 Å². The van der Waals surface area contributed by atoms with E-state index < -0.39 is 0 Å². The lowest BCUT2D eigenvalue weighted by Crippen LogP contribution is -2.09. The number of pyridine rings is 1. The van der Waals surface area contributed by atoms with Crippen LogP contribution in [0.15, 0.2) is 23.6 Å². The molecule has 0 aliphatic heterocycles. The van der Waals surface area contributed by atoms with Gasteiger partial charge in [-0.25, -0.2) is 9.97 Å². The molecule has 128 valence electrons. The summed E-state index contributed by atoms with van der Waals surface area (Å²) in [5.74, 6) is 0.403. The zero-order chi connectivity index (χ0) is 18.0. The van der Waals surface area contributed by atoms with Crippen molar-refractivity contribution in [3.63, 3.8) is 0 Å². The summed E-state index contributed by atoms with van der Waals surface area (Å²) in [5.41, 5.74) is 1.56. The first kappa shape index (κ1) is 17.3. The maximum atomic E-state index is 10.3. The second-order valence-electron chi connectivity index (χ2n) is 5.58. The third kappa shape index (κ3) is 3.60. The molecule has 0 aliphatic carbocycles. The SMILES string of the molecule is CC(C)Nc1nc(-c2cc(O)c3ccc(OCC#N)c(Cl)c3n2)cs1. The smallest absolute Gasteiger partial charge is 0.183 e.